The third kappa shape index (κ3) is 6.61. The normalized spacial score (nSPS) is 16.3. The molecule has 4 nitrogen and oxygen atoms in total. The Morgan fingerprint density at radius 1 is 0.463 bits per heavy atom. The van der Waals surface area contributed by atoms with Gasteiger partial charge < -0.3 is 9.47 Å². The van der Waals surface area contributed by atoms with Crippen LogP contribution in [0.25, 0.3) is 44.1 Å². The van der Waals surface area contributed by atoms with Crippen LogP contribution in [0.5, 0.6) is 11.5 Å². The molecule has 0 spiro atoms. The molecule has 0 fully saturated rings. The minimum absolute atomic E-state index is 0.369. The molecule has 320 valence electrons. The molecular formula is C60H40N2O2S3. The van der Waals surface area contributed by atoms with E-state index in [9.17, 15) is 0 Å². The van der Waals surface area contributed by atoms with E-state index in [0.29, 0.717) is 13.2 Å². The minimum Gasteiger partial charge on any atom is -0.481 e. The number of fused-ring (bicyclic) bond motifs is 8. The van der Waals surface area contributed by atoms with Crippen molar-refractivity contribution in [2.75, 3.05) is 13.2 Å². The Hall–Kier alpha value is -7.39. The molecule has 0 radical (unpaired) electrons. The van der Waals surface area contributed by atoms with Gasteiger partial charge in [0.05, 0.1) is 30.6 Å². The lowest BCUT2D eigenvalue weighted by molar-refractivity contribution is 0.370. The van der Waals surface area contributed by atoms with Gasteiger partial charge in [0.2, 0.25) is 0 Å². The average Bonchev–Trinajstić information content (AvgIpc) is 4.17. The summed E-state index contributed by atoms with van der Waals surface area (Å²) in [6, 6.07) is 62.0. The van der Waals surface area contributed by atoms with Crippen molar-refractivity contribution in [1.29, 1.82) is 0 Å². The number of hydrogen-bond acceptors (Lipinski definition) is 7. The number of benzene rings is 6. The summed E-state index contributed by atoms with van der Waals surface area (Å²) in [4.78, 5) is 12.6. The van der Waals surface area contributed by atoms with Gasteiger partial charge in [0.15, 0.2) is 0 Å². The van der Waals surface area contributed by atoms with Gasteiger partial charge in [0, 0.05) is 33.3 Å². The van der Waals surface area contributed by atoms with Crippen LogP contribution in [0.3, 0.4) is 0 Å². The average molecular weight is 917 g/mol. The van der Waals surface area contributed by atoms with Crippen LogP contribution in [-0.2, 0) is 10.8 Å². The molecule has 0 amide bonds. The van der Waals surface area contributed by atoms with Crippen LogP contribution in [0.2, 0.25) is 0 Å². The van der Waals surface area contributed by atoms with Crippen LogP contribution in [0, 0.1) is 23.7 Å². The van der Waals surface area contributed by atoms with Crippen molar-refractivity contribution in [3.05, 3.63) is 225 Å². The third-order valence-corrected chi connectivity index (χ3v) is 16.8. The zero-order valence-electron chi connectivity index (χ0n) is 36.7. The maximum Gasteiger partial charge on any atom is 0.149 e. The number of nitrogens with zero attached hydrogens (tertiary/aromatic N) is 2. The van der Waals surface area contributed by atoms with Crippen LogP contribution in [-0.4, -0.2) is 23.2 Å². The molecule has 0 aliphatic heterocycles. The van der Waals surface area contributed by atoms with Crippen molar-refractivity contribution in [3.8, 4) is 57.7 Å². The second-order valence-corrected chi connectivity index (χ2v) is 20.4. The molecule has 2 unspecified atom stereocenters. The Bertz CT molecular complexity index is 3380. The molecule has 0 saturated heterocycles. The van der Waals surface area contributed by atoms with Crippen molar-refractivity contribution in [3.63, 3.8) is 0 Å². The number of pyridine rings is 2. The zero-order chi connectivity index (χ0) is 45.0. The Morgan fingerprint density at radius 3 is 1.37 bits per heavy atom. The van der Waals surface area contributed by atoms with Gasteiger partial charge in [-0.25, -0.2) is 0 Å². The molecule has 2 aliphatic carbocycles. The van der Waals surface area contributed by atoms with Gasteiger partial charge in [-0.05, 0) is 142 Å². The highest BCUT2D eigenvalue weighted by Gasteiger charge is 2.49. The fourth-order valence-electron chi connectivity index (χ4n) is 10.3. The summed E-state index contributed by atoms with van der Waals surface area (Å²) in [6.45, 7) is 4.40. The predicted molar refractivity (Wildman–Crippen MR) is 276 cm³/mol. The molecule has 2 aliphatic rings. The van der Waals surface area contributed by atoms with Crippen molar-refractivity contribution in [1.82, 2.24) is 9.97 Å². The molecule has 12 rings (SSSR count). The fourth-order valence-corrected chi connectivity index (χ4v) is 14.3. The van der Waals surface area contributed by atoms with Crippen molar-refractivity contribution >= 4 is 56.0 Å². The van der Waals surface area contributed by atoms with E-state index in [0.717, 1.165) is 44.4 Å². The SMILES string of the molecule is CC#CCOc1ccc2cc(C3(c4ccc(Sc5ccc(C6(c7ccc8cc(OCC#CC)ccc8c7)c7ccccc7-c7ncccc76)s5)s4)c4ccccc4-c4ncccc43)ccc2c1. The zero-order valence-corrected chi connectivity index (χ0v) is 39.1. The number of aromatic nitrogens is 2. The van der Waals surface area contributed by atoms with E-state index in [2.05, 4.69) is 181 Å². The topological polar surface area (TPSA) is 44.2 Å². The standard InChI is InChI=1S/C60H40N2O2S3/c1-3-5-33-63-45-25-21-39-35-43(23-19-41(39)37-45)59(49-15-9-7-13-47(49)57-51(59)17-11-31-61-57)53-27-29-55(65-53)67-56-30-28-54(66-56)60(50-16-10-8-14-48(50)58-52(60)18-12-32-62-58)44-24-20-42-38-46(64-34-6-4-2)26-22-40(42)36-44/h7-32,35-38H,33-34H2,1-2H3. The highest BCUT2D eigenvalue weighted by Crippen LogP contribution is 2.60. The van der Waals surface area contributed by atoms with E-state index in [1.54, 1.807) is 0 Å². The summed E-state index contributed by atoms with van der Waals surface area (Å²) in [6.07, 6.45) is 3.83. The Balaban J connectivity index is 0.957. The lowest BCUT2D eigenvalue weighted by Crippen LogP contribution is -2.27. The number of hydrogen-bond donors (Lipinski definition) is 0. The van der Waals surface area contributed by atoms with E-state index in [1.165, 1.54) is 62.7 Å². The first kappa shape index (κ1) is 41.1. The van der Waals surface area contributed by atoms with Crippen molar-refractivity contribution in [2.45, 2.75) is 33.1 Å². The van der Waals surface area contributed by atoms with E-state index in [-0.39, 0.29) is 0 Å². The summed E-state index contributed by atoms with van der Waals surface area (Å²) in [5, 5.41) is 4.55. The van der Waals surface area contributed by atoms with E-state index < -0.39 is 10.8 Å². The second kappa shape index (κ2) is 16.8. The molecule has 6 aromatic carbocycles. The Labute approximate surface area is 402 Å². The molecule has 4 heterocycles. The number of rotatable bonds is 10. The first-order valence-corrected chi connectivity index (χ1v) is 24.7. The van der Waals surface area contributed by atoms with Crippen LogP contribution < -0.4 is 9.47 Å². The molecule has 67 heavy (non-hydrogen) atoms. The highest BCUT2D eigenvalue weighted by molar-refractivity contribution is 8.02. The maximum atomic E-state index is 5.95. The fraction of sp³-hybridized carbons (Fsp3) is 0.100. The van der Waals surface area contributed by atoms with E-state index in [1.807, 2.05) is 72.8 Å². The largest absolute Gasteiger partial charge is 0.481 e. The van der Waals surface area contributed by atoms with Gasteiger partial charge in [-0.15, -0.1) is 34.5 Å². The summed E-state index contributed by atoms with van der Waals surface area (Å²) >= 11 is 5.58. The molecule has 10 aromatic rings. The van der Waals surface area contributed by atoms with E-state index in [4.69, 9.17) is 19.4 Å². The molecule has 2 atom stereocenters. The van der Waals surface area contributed by atoms with Crippen LogP contribution in [0.15, 0.2) is 191 Å². The quantitative estimate of drug-likeness (QED) is 0.128. The van der Waals surface area contributed by atoms with Crippen LogP contribution in [0.4, 0.5) is 0 Å². The van der Waals surface area contributed by atoms with Gasteiger partial charge >= 0.3 is 0 Å². The smallest absolute Gasteiger partial charge is 0.149 e. The maximum absolute atomic E-state index is 5.95. The summed E-state index contributed by atoms with van der Waals surface area (Å²) in [5.74, 6) is 13.5. The second-order valence-electron chi connectivity index (χ2n) is 16.6. The van der Waals surface area contributed by atoms with Gasteiger partial charge in [-0.2, -0.15) is 0 Å². The predicted octanol–water partition coefficient (Wildman–Crippen LogP) is 14.6. The lowest BCUT2D eigenvalue weighted by Gasteiger charge is -2.32. The minimum atomic E-state index is -0.564. The van der Waals surface area contributed by atoms with Gasteiger partial charge in [0.25, 0.3) is 0 Å². The van der Waals surface area contributed by atoms with Gasteiger partial charge in [0.1, 0.15) is 24.7 Å². The molecule has 0 N–H and O–H groups in total. The number of ether oxygens (including phenoxy) is 2. The van der Waals surface area contributed by atoms with Gasteiger partial charge in [-0.1, -0.05) is 121 Å². The molecule has 7 heteroatoms. The first-order valence-electron chi connectivity index (χ1n) is 22.2. The first-order chi connectivity index (χ1) is 33.1. The molecular weight excluding hydrogens is 877 g/mol. The van der Waals surface area contributed by atoms with Crippen LogP contribution >= 0.6 is 34.4 Å². The summed E-state index contributed by atoms with van der Waals surface area (Å²) in [5.41, 5.74) is 10.6. The number of thiophene rings is 2. The Morgan fingerprint density at radius 2 is 0.896 bits per heavy atom. The van der Waals surface area contributed by atoms with E-state index >= 15 is 0 Å². The van der Waals surface area contributed by atoms with Crippen molar-refractivity contribution in [2.24, 2.45) is 0 Å². The Kier molecular flexibility index (Phi) is 10.3. The van der Waals surface area contributed by atoms with Gasteiger partial charge in [-0.3, -0.25) is 9.97 Å². The monoisotopic (exact) mass is 916 g/mol. The molecule has 0 saturated carbocycles. The molecule has 4 aromatic heterocycles. The highest BCUT2D eigenvalue weighted by atomic mass is 32.2. The summed E-state index contributed by atoms with van der Waals surface area (Å²) < 4.78 is 14.4. The summed E-state index contributed by atoms with van der Waals surface area (Å²) in [7, 11) is 0. The lowest BCUT2D eigenvalue weighted by atomic mass is 9.71. The third-order valence-electron chi connectivity index (χ3n) is 13.2. The van der Waals surface area contributed by atoms with Crippen molar-refractivity contribution < 1.29 is 9.47 Å². The molecule has 0 bridgehead atoms. The van der Waals surface area contributed by atoms with Crippen LogP contribution in [0.1, 0.15) is 57.0 Å².